The lowest BCUT2D eigenvalue weighted by Crippen LogP contribution is -2.45. The summed E-state index contributed by atoms with van der Waals surface area (Å²) in [4.78, 5) is 23.4. The summed E-state index contributed by atoms with van der Waals surface area (Å²) in [6.07, 6.45) is 93.2. The van der Waals surface area contributed by atoms with Crippen molar-refractivity contribution in [3.63, 3.8) is 0 Å². The molecular weight excluding hydrogens is 1030 g/mol. The largest absolute Gasteiger partial charge is 0.472 e. The van der Waals surface area contributed by atoms with Gasteiger partial charge in [0.1, 0.15) is 13.2 Å². The molecule has 0 aliphatic heterocycles. The summed E-state index contributed by atoms with van der Waals surface area (Å²) in [6, 6.07) is -0.859. The number of quaternary nitrogens is 1. The number of likely N-dealkylation sites (N-methyl/N-ethyl adjacent to an activating group) is 1. The van der Waals surface area contributed by atoms with Gasteiger partial charge in [0.15, 0.2) is 0 Å². The van der Waals surface area contributed by atoms with Crippen molar-refractivity contribution in [1.82, 2.24) is 5.32 Å². The summed E-state index contributed by atoms with van der Waals surface area (Å²) < 4.78 is 23.8. The standard InChI is InChI=1S/C73H129N2O6P/c1-6-8-10-12-14-16-18-20-22-24-26-28-30-31-32-33-34-35-36-37-38-39-40-41-42-43-45-47-49-51-53-55-57-59-61-63-65-67-73(77)74-71(70-81-82(78,79)80-69-68-75(3,4)5)72(76)66-64-62-60-58-56-54-52-50-48-46-44-29-27-25-23-21-19-17-15-13-11-9-7-2/h8,10,14,16,20,22,26,28,31-32,34-35,37-38,40-41,43,45,64,66,71-72,76H,6-7,9,11-13,15,17-19,21,23-25,27,29-30,33,36,39,42,44,46-63,65,67-70H2,1-5H3,(H-,74,77,78,79)/p+1/b10-8-,16-14-,22-20-,28-26-,32-31-,35-34-,38-37-,41-40-,45-43-,66-64+. The maximum absolute atomic E-state index is 13.0. The third kappa shape index (κ3) is 64.5. The predicted molar refractivity (Wildman–Crippen MR) is 359 cm³/mol. The number of allylic oxidation sites excluding steroid dienone is 19. The van der Waals surface area contributed by atoms with Crippen molar-refractivity contribution in [2.24, 2.45) is 0 Å². The van der Waals surface area contributed by atoms with Gasteiger partial charge in [-0.25, -0.2) is 4.57 Å². The lowest BCUT2D eigenvalue weighted by molar-refractivity contribution is -0.870. The van der Waals surface area contributed by atoms with Gasteiger partial charge in [0.25, 0.3) is 0 Å². The molecule has 0 saturated carbocycles. The maximum atomic E-state index is 13.0. The van der Waals surface area contributed by atoms with Crippen LogP contribution in [0.4, 0.5) is 0 Å². The molecule has 1 amide bonds. The second-order valence-corrected chi connectivity index (χ2v) is 25.3. The van der Waals surface area contributed by atoms with Crippen LogP contribution in [0.1, 0.15) is 284 Å². The average Bonchev–Trinajstić information content (AvgIpc) is 3.47. The van der Waals surface area contributed by atoms with Gasteiger partial charge < -0.3 is 19.8 Å². The molecule has 0 bridgehead atoms. The van der Waals surface area contributed by atoms with Crippen LogP contribution in [0, 0.1) is 0 Å². The van der Waals surface area contributed by atoms with Crippen LogP contribution < -0.4 is 5.32 Å². The normalized spacial score (nSPS) is 14.5. The minimum atomic E-state index is -4.36. The van der Waals surface area contributed by atoms with Gasteiger partial charge in [0.05, 0.1) is 39.9 Å². The Kier molecular flexibility index (Phi) is 60.1. The average molecular weight is 1160 g/mol. The van der Waals surface area contributed by atoms with Crippen LogP contribution in [0.3, 0.4) is 0 Å². The smallest absolute Gasteiger partial charge is 0.387 e. The van der Waals surface area contributed by atoms with Crippen molar-refractivity contribution in [1.29, 1.82) is 0 Å². The van der Waals surface area contributed by atoms with Crippen LogP contribution in [0.5, 0.6) is 0 Å². The van der Waals surface area contributed by atoms with E-state index in [4.69, 9.17) is 9.05 Å². The number of phosphoric ester groups is 1. The first kappa shape index (κ1) is 78.9. The molecule has 3 N–H and O–H groups in total. The van der Waals surface area contributed by atoms with E-state index < -0.39 is 20.0 Å². The zero-order chi connectivity index (χ0) is 59.8. The second kappa shape index (κ2) is 62.4. The SMILES string of the molecule is CC/C=C\C/C=C\C/C=C\C/C=C\C/C=C\C/C=C\C/C=C\C/C=C\C/C=C\CCCCCCCCCCCC(=O)NC(COP(=O)(O)OCC[N+](C)(C)C)C(O)/C=C/CCCCCCCCCCCCCCCCCCCCCCC. The highest BCUT2D eigenvalue weighted by Crippen LogP contribution is 2.43. The van der Waals surface area contributed by atoms with Gasteiger partial charge in [-0.3, -0.25) is 13.8 Å². The van der Waals surface area contributed by atoms with Gasteiger partial charge in [-0.15, -0.1) is 0 Å². The number of aliphatic hydroxyl groups is 1. The molecule has 0 heterocycles. The molecule has 3 atom stereocenters. The number of hydrogen-bond donors (Lipinski definition) is 3. The number of aliphatic hydroxyl groups excluding tert-OH is 1. The zero-order valence-corrected chi connectivity index (χ0v) is 54.8. The minimum absolute atomic E-state index is 0.0552. The first-order valence-corrected chi connectivity index (χ1v) is 35.4. The number of phosphoric acid groups is 1. The fourth-order valence-electron chi connectivity index (χ4n) is 9.45. The Hall–Kier alpha value is -3.10. The van der Waals surface area contributed by atoms with E-state index in [-0.39, 0.29) is 19.1 Å². The van der Waals surface area contributed by atoms with Crippen molar-refractivity contribution in [3.05, 3.63) is 122 Å². The molecule has 82 heavy (non-hydrogen) atoms. The molecule has 0 aromatic rings. The fraction of sp³-hybridized carbons (Fsp3) is 0.712. The summed E-state index contributed by atoms with van der Waals surface area (Å²) in [5.74, 6) is -0.185. The molecule has 0 aromatic heterocycles. The third-order valence-corrected chi connectivity index (χ3v) is 15.7. The third-order valence-electron chi connectivity index (χ3n) is 14.7. The van der Waals surface area contributed by atoms with Crippen LogP contribution in [0.25, 0.3) is 0 Å². The molecule has 0 aromatic carbocycles. The molecule has 0 fully saturated rings. The molecule has 0 radical (unpaired) electrons. The number of hydrogen-bond acceptors (Lipinski definition) is 5. The summed E-state index contributed by atoms with van der Waals surface area (Å²) in [5.41, 5.74) is 0. The van der Waals surface area contributed by atoms with E-state index in [1.807, 2.05) is 27.2 Å². The number of unbranched alkanes of at least 4 members (excludes halogenated alkanes) is 30. The fourth-order valence-corrected chi connectivity index (χ4v) is 10.2. The Bertz CT molecular complexity index is 1750. The van der Waals surface area contributed by atoms with Gasteiger partial charge in [-0.1, -0.05) is 309 Å². The quantitative estimate of drug-likeness (QED) is 0.0243. The number of amides is 1. The summed E-state index contributed by atoms with van der Waals surface area (Å²) in [5, 5.41) is 14.0. The molecule has 0 spiro atoms. The zero-order valence-electron chi connectivity index (χ0n) is 53.9. The highest BCUT2D eigenvalue weighted by atomic mass is 31.2. The van der Waals surface area contributed by atoms with E-state index >= 15 is 0 Å². The highest BCUT2D eigenvalue weighted by molar-refractivity contribution is 7.47. The topological polar surface area (TPSA) is 105 Å². The molecular formula is C73H130N2O6P+. The monoisotopic (exact) mass is 1160 g/mol. The van der Waals surface area contributed by atoms with Crippen LogP contribution >= 0.6 is 7.82 Å². The lowest BCUT2D eigenvalue weighted by atomic mass is 10.0. The van der Waals surface area contributed by atoms with E-state index in [0.29, 0.717) is 17.4 Å². The summed E-state index contributed by atoms with van der Waals surface area (Å²) in [6.45, 7) is 4.71. The van der Waals surface area contributed by atoms with Gasteiger partial charge >= 0.3 is 7.82 Å². The Balaban J connectivity index is 4.15. The van der Waals surface area contributed by atoms with E-state index in [1.54, 1.807) is 6.08 Å². The van der Waals surface area contributed by atoms with E-state index in [0.717, 1.165) is 103 Å². The maximum Gasteiger partial charge on any atom is 0.472 e. The Labute approximate surface area is 507 Å². The molecule has 0 rings (SSSR count). The Morgan fingerprint density at radius 3 is 1.07 bits per heavy atom. The lowest BCUT2D eigenvalue weighted by Gasteiger charge is -2.25. The summed E-state index contributed by atoms with van der Waals surface area (Å²) in [7, 11) is 1.56. The number of nitrogens with one attached hydrogen (secondary N) is 1. The number of carbonyl (C=O) groups is 1. The van der Waals surface area contributed by atoms with Crippen LogP contribution in [-0.4, -0.2) is 73.4 Å². The van der Waals surface area contributed by atoms with Gasteiger partial charge in [-0.2, -0.15) is 0 Å². The molecule has 3 unspecified atom stereocenters. The van der Waals surface area contributed by atoms with Crippen molar-refractivity contribution < 1.29 is 32.9 Å². The Morgan fingerprint density at radius 2 is 0.732 bits per heavy atom. The summed E-state index contributed by atoms with van der Waals surface area (Å²) >= 11 is 0. The molecule has 9 heteroatoms. The van der Waals surface area contributed by atoms with E-state index in [9.17, 15) is 19.4 Å². The van der Waals surface area contributed by atoms with Crippen molar-refractivity contribution in [2.45, 2.75) is 296 Å². The molecule has 0 aliphatic carbocycles. The van der Waals surface area contributed by atoms with E-state index in [1.165, 1.54) is 161 Å². The number of nitrogens with zero attached hydrogens (tertiary/aromatic N) is 1. The highest BCUT2D eigenvalue weighted by Gasteiger charge is 2.28. The molecule has 472 valence electrons. The number of carbonyl (C=O) groups excluding carboxylic acids is 1. The first-order valence-electron chi connectivity index (χ1n) is 33.9. The molecule has 0 saturated heterocycles. The van der Waals surface area contributed by atoms with Gasteiger partial charge in [0.2, 0.25) is 5.91 Å². The van der Waals surface area contributed by atoms with E-state index in [2.05, 4.69) is 129 Å². The number of rotatable bonds is 61. The van der Waals surface area contributed by atoms with Crippen molar-refractivity contribution in [3.8, 4) is 0 Å². The molecule has 8 nitrogen and oxygen atoms in total. The molecule has 0 aliphatic rings. The van der Waals surface area contributed by atoms with Crippen molar-refractivity contribution in [2.75, 3.05) is 40.9 Å². The van der Waals surface area contributed by atoms with Crippen molar-refractivity contribution >= 4 is 13.7 Å². The van der Waals surface area contributed by atoms with Gasteiger partial charge in [-0.05, 0) is 89.9 Å². The van der Waals surface area contributed by atoms with Crippen LogP contribution in [0.15, 0.2) is 122 Å². The van der Waals surface area contributed by atoms with Gasteiger partial charge in [0, 0.05) is 6.42 Å². The first-order chi connectivity index (χ1) is 40.0. The Morgan fingerprint density at radius 1 is 0.427 bits per heavy atom. The van der Waals surface area contributed by atoms with Crippen LogP contribution in [0.2, 0.25) is 0 Å². The predicted octanol–water partition coefficient (Wildman–Crippen LogP) is 21.7. The minimum Gasteiger partial charge on any atom is -0.387 e. The second-order valence-electron chi connectivity index (χ2n) is 23.8. The van der Waals surface area contributed by atoms with Crippen LogP contribution in [-0.2, 0) is 18.4 Å².